The van der Waals surface area contributed by atoms with Crippen molar-refractivity contribution in [3.63, 3.8) is 0 Å². The maximum absolute atomic E-state index is 10.8. The molecule has 0 aliphatic heterocycles. The van der Waals surface area contributed by atoms with E-state index in [0.29, 0.717) is 17.5 Å². The van der Waals surface area contributed by atoms with Gasteiger partial charge in [0.25, 0.3) is 0 Å². The Balaban J connectivity index is 1.93. The number of anilines is 1. The Morgan fingerprint density at radius 3 is 2.89 bits per heavy atom. The van der Waals surface area contributed by atoms with E-state index in [0.717, 1.165) is 12.8 Å². The van der Waals surface area contributed by atoms with Crippen LogP contribution in [0, 0.1) is 10.1 Å². The van der Waals surface area contributed by atoms with Gasteiger partial charge in [-0.05, 0) is 23.8 Å². The van der Waals surface area contributed by atoms with E-state index in [2.05, 4.69) is 27.6 Å². The van der Waals surface area contributed by atoms with Crippen LogP contribution in [0.15, 0.2) is 30.5 Å². The zero-order valence-corrected chi connectivity index (χ0v) is 9.48. The number of imidazole rings is 1. The fraction of sp³-hybridized carbons (Fsp3) is 0.273. The normalized spacial score (nSPS) is 15.3. The van der Waals surface area contributed by atoms with Gasteiger partial charge in [0.15, 0.2) is 5.82 Å². The predicted molar refractivity (Wildman–Crippen MR) is 65.4 cm³/mol. The first kappa shape index (κ1) is 10.7. The fourth-order valence-electron chi connectivity index (χ4n) is 2.01. The summed E-state index contributed by atoms with van der Waals surface area (Å²) in [6, 6.07) is 3.81. The second-order valence-corrected chi connectivity index (χ2v) is 4.15. The molecule has 2 heterocycles. The molecular weight excluding hydrogens is 234 g/mol. The van der Waals surface area contributed by atoms with E-state index in [9.17, 15) is 10.1 Å². The molecule has 0 saturated carbocycles. The van der Waals surface area contributed by atoms with Crippen LogP contribution in [0.1, 0.15) is 12.8 Å². The summed E-state index contributed by atoms with van der Waals surface area (Å²) >= 11 is 0. The maximum atomic E-state index is 10.8. The topological polar surface area (TPSA) is 85.4 Å². The second-order valence-electron chi connectivity index (χ2n) is 4.15. The van der Waals surface area contributed by atoms with E-state index in [4.69, 9.17) is 0 Å². The molecule has 0 aromatic carbocycles. The molecule has 0 bridgehead atoms. The molecule has 7 nitrogen and oxygen atoms in total. The monoisotopic (exact) mass is 245 g/mol. The maximum Gasteiger partial charge on any atom is 0.368 e. The van der Waals surface area contributed by atoms with Crippen LogP contribution in [-0.2, 0) is 0 Å². The predicted octanol–water partition coefficient (Wildman–Crippen LogP) is 1.77. The number of nitro groups is 1. The number of fused-ring (bicyclic) bond motifs is 1. The van der Waals surface area contributed by atoms with Crippen LogP contribution < -0.4 is 5.32 Å². The molecule has 0 radical (unpaired) electrons. The van der Waals surface area contributed by atoms with Crippen molar-refractivity contribution in [3.05, 3.63) is 40.6 Å². The molecule has 0 saturated heterocycles. The lowest BCUT2D eigenvalue weighted by Gasteiger charge is -2.10. The van der Waals surface area contributed by atoms with Crippen LogP contribution in [0.3, 0.4) is 0 Å². The molecule has 0 atom stereocenters. The van der Waals surface area contributed by atoms with Gasteiger partial charge >= 0.3 is 5.82 Å². The average Bonchev–Trinajstić information content (AvgIpc) is 2.97. The van der Waals surface area contributed by atoms with Crippen molar-refractivity contribution in [2.45, 2.75) is 18.9 Å². The molecule has 0 spiro atoms. The molecule has 7 heteroatoms. The molecule has 3 rings (SSSR count). The minimum Gasteiger partial charge on any atom is -0.364 e. The van der Waals surface area contributed by atoms with Crippen LogP contribution >= 0.6 is 0 Å². The van der Waals surface area contributed by atoms with Crippen LogP contribution in [0.2, 0.25) is 0 Å². The highest BCUT2D eigenvalue weighted by Gasteiger charge is 2.17. The van der Waals surface area contributed by atoms with Crippen LogP contribution in [0.5, 0.6) is 0 Å². The molecule has 1 N–H and O–H groups in total. The van der Waals surface area contributed by atoms with Gasteiger partial charge in [-0.2, -0.15) is 0 Å². The first-order valence-corrected chi connectivity index (χ1v) is 5.65. The summed E-state index contributed by atoms with van der Waals surface area (Å²) in [5.74, 6) is 0.496. The van der Waals surface area contributed by atoms with Gasteiger partial charge in [-0.1, -0.05) is 21.8 Å². The lowest BCUT2D eigenvalue weighted by molar-refractivity contribution is -0.391. The van der Waals surface area contributed by atoms with Gasteiger partial charge in [-0.15, -0.1) is 0 Å². The average molecular weight is 245 g/mol. The van der Waals surface area contributed by atoms with E-state index in [1.807, 2.05) is 0 Å². The molecular formula is C11H11N5O2. The van der Waals surface area contributed by atoms with Crippen molar-refractivity contribution >= 4 is 17.3 Å². The van der Waals surface area contributed by atoms with E-state index >= 15 is 0 Å². The van der Waals surface area contributed by atoms with Gasteiger partial charge in [0, 0.05) is 12.1 Å². The summed E-state index contributed by atoms with van der Waals surface area (Å²) in [6.07, 6.45) is 7.33. The third-order valence-corrected chi connectivity index (χ3v) is 2.89. The minimum atomic E-state index is -0.492. The number of nitrogens with one attached hydrogen (secondary N) is 1. The minimum absolute atomic E-state index is 0.127. The highest BCUT2D eigenvalue weighted by molar-refractivity contribution is 5.48. The molecule has 18 heavy (non-hydrogen) atoms. The highest BCUT2D eigenvalue weighted by Crippen LogP contribution is 2.18. The Morgan fingerprint density at radius 1 is 1.39 bits per heavy atom. The van der Waals surface area contributed by atoms with Gasteiger partial charge in [0.05, 0.1) is 0 Å². The van der Waals surface area contributed by atoms with Crippen molar-refractivity contribution in [1.82, 2.24) is 14.6 Å². The summed E-state index contributed by atoms with van der Waals surface area (Å²) in [5.41, 5.74) is 0.469. The van der Waals surface area contributed by atoms with Crippen LogP contribution in [-0.4, -0.2) is 25.6 Å². The summed E-state index contributed by atoms with van der Waals surface area (Å²) < 4.78 is 1.24. The summed E-state index contributed by atoms with van der Waals surface area (Å²) in [6.45, 7) is 0. The second kappa shape index (κ2) is 4.10. The van der Waals surface area contributed by atoms with Crippen molar-refractivity contribution in [1.29, 1.82) is 0 Å². The molecule has 2 aromatic rings. The standard InChI is InChI=1S/C11H11N5O2/c17-16(18)11-7-12-10-6-5-9(14-15(10)11)13-8-3-1-2-4-8/h1-2,5-8H,3-4H2,(H,13,14). The van der Waals surface area contributed by atoms with Gasteiger partial charge in [-0.3, -0.25) is 0 Å². The van der Waals surface area contributed by atoms with Gasteiger partial charge < -0.3 is 15.4 Å². The smallest absolute Gasteiger partial charge is 0.364 e. The van der Waals surface area contributed by atoms with Gasteiger partial charge in [0.2, 0.25) is 5.65 Å². The van der Waals surface area contributed by atoms with Gasteiger partial charge in [-0.25, -0.2) is 4.98 Å². The Hall–Kier alpha value is -2.44. The third kappa shape index (κ3) is 1.79. The molecule has 0 fully saturated rings. The lowest BCUT2D eigenvalue weighted by Crippen LogP contribution is -2.16. The molecule has 92 valence electrons. The van der Waals surface area contributed by atoms with Crippen LogP contribution in [0.25, 0.3) is 5.65 Å². The fourth-order valence-corrected chi connectivity index (χ4v) is 2.01. The zero-order valence-electron chi connectivity index (χ0n) is 9.48. The van der Waals surface area contributed by atoms with Gasteiger partial charge in [0.1, 0.15) is 6.20 Å². The molecule has 0 unspecified atom stereocenters. The first-order chi connectivity index (χ1) is 8.74. The van der Waals surface area contributed by atoms with Crippen molar-refractivity contribution in [2.24, 2.45) is 0 Å². The Bertz CT molecular complexity index is 625. The largest absolute Gasteiger partial charge is 0.368 e. The SMILES string of the molecule is O=[N+]([O-])c1cnc2ccc(NC3CC=CC3)nn12. The quantitative estimate of drug-likeness (QED) is 0.506. The Labute approximate surface area is 102 Å². The lowest BCUT2D eigenvalue weighted by atomic mass is 10.2. The molecule has 2 aromatic heterocycles. The van der Waals surface area contributed by atoms with E-state index in [-0.39, 0.29) is 5.82 Å². The molecule has 0 amide bonds. The number of nitrogens with zero attached hydrogens (tertiary/aromatic N) is 4. The first-order valence-electron chi connectivity index (χ1n) is 5.65. The van der Waals surface area contributed by atoms with Crippen LogP contribution in [0.4, 0.5) is 11.6 Å². The van der Waals surface area contributed by atoms with Crippen molar-refractivity contribution < 1.29 is 4.92 Å². The molecule has 1 aliphatic carbocycles. The zero-order chi connectivity index (χ0) is 12.5. The highest BCUT2D eigenvalue weighted by atomic mass is 16.6. The van der Waals surface area contributed by atoms with E-state index < -0.39 is 4.92 Å². The van der Waals surface area contributed by atoms with Crippen molar-refractivity contribution in [2.75, 3.05) is 5.32 Å². The molecule has 1 aliphatic rings. The number of hydrogen-bond donors (Lipinski definition) is 1. The van der Waals surface area contributed by atoms with E-state index in [1.54, 1.807) is 12.1 Å². The summed E-state index contributed by atoms with van der Waals surface area (Å²) in [7, 11) is 0. The number of aromatic nitrogens is 3. The number of hydrogen-bond acceptors (Lipinski definition) is 5. The van der Waals surface area contributed by atoms with E-state index in [1.165, 1.54) is 10.7 Å². The summed E-state index contributed by atoms with van der Waals surface area (Å²) in [4.78, 5) is 14.2. The number of rotatable bonds is 3. The van der Waals surface area contributed by atoms with Crippen molar-refractivity contribution in [3.8, 4) is 0 Å². The third-order valence-electron chi connectivity index (χ3n) is 2.89. The Morgan fingerprint density at radius 2 is 2.17 bits per heavy atom. The summed E-state index contributed by atoms with van der Waals surface area (Å²) in [5, 5.41) is 18.2. The Kier molecular flexibility index (Phi) is 2.44.